The van der Waals surface area contributed by atoms with Gasteiger partial charge in [0.25, 0.3) is 0 Å². The lowest BCUT2D eigenvalue weighted by molar-refractivity contribution is -0.131. The van der Waals surface area contributed by atoms with E-state index in [9.17, 15) is 4.79 Å². The van der Waals surface area contributed by atoms with Gasteiger partial charge in [-0.2, -0.15) is 0 Å². The van der Waals surface area contributed by atoms with Crippen LogP contribution in [0.1, 0.15) is 58.8 Å². The fourth-order valence-corrected chi connectivity index (χ4v) is 6.25. The topological polar surface area (TPSA) is 32.3 Å². The fraction of sp³-hybridized carbons (Fsp3) is 0.944. The van der Waals surface area contributed by atoms with Gasteiger partial charge in [-0.3, -0.25) is 9.69 Å². The van der Waals surface area contributed by atoms with Crippen LogP contribution >= 0.6 is 0 Å². The maximum absolute atomic E-state index is 12.6. The van der Waals surface area contributed by atoms with Crippen LogP contribution in [0.25, 0.3) is 0 Å². The van der Waals surface area contributed by atoms with Crippen LogP contribution in [-0.2, 0) is 4.79 Å². The van der Waals surface area contributed by atoms with E-state index in [0.29, 0.717) is 17.4 Å². The van der Waals surface area contributed by atoms with Gasteiger partial charge in [0, 0.05) is 6.04 Å². The summed E-state index contributed by atoms with van der Waals surface area (Å²) in [7, 11) is 0. The van der Waals surface area contributed by atoms with E-state index in [1.54, 1.807) is 0 Å². The Morgan fingerprint density at radius 3 is 2.33 bits per heavy atom. The van der Waals surface area contributed by atoms with Crippen molar-refractivity contribution < 1.29 is 4.79 Å². The molecular weight excluding hydrogens is 260 g/mol. The van der Waals surface area contributed by atoms with Crippen LogP contribution in [0.4, 0.5) is 0 Å². The van der Waals surface area contributed by atoms with E-state index >= 15 is 0 Å². The van der Waals surface area contributed by atoms with Crippen molar-refractivity contribution in [3.8, 4) is 0 Å². The van der Waals surface area contributed by atoms with E-state index < -0.39 is 0 Å². The molecule has 3 nitrogen and oxygen atoms in total. The van der Waals surface area contributed by atoms with Crippen LogP contribution < -0.4 is 5.32 Å². The molecule has 0 aromatic rings. The zero-order valence-electron chi connectivity index (χ0n) is 13.6. The molecule has 0 radical (unpaired) electrons. The number of nitrogens with zero attached hydrogens (tertiary/aromatic N) is 1. The summed E-state index contributed by atoms with van der Waals surface area (Å²) in [4.78, 5) is 15.0. The highest BCUT2D eigenvalue weighted by molar-refractivity contribution is 5.81. The number of hydrogen-bond acceptors (Lipinski definition) is 2. The average molecular weight is 290 g/mol. The minimum absolute atomic E-state index is 0.0697. The average Bonchev–Trinajstić information content (AvgIpc) is 2.94. The predicted molar refractivity (Wildman–Crippen MR) is 83.9 cm³/mol. The lowest BCUT2D eigenvalue weighted by atomic mass is 9.48. The van der Waals surface area contributed by atoms with Crippen molar-refractivity contribution in [1.29, 1.82) is 0 Å². The zero-order chi connectivity index (χ0) is 14.6. The first-order valence-corrected chi connectivity index (χ1v) is 9.08. The highest BCUT2D eigenvalue weighted by atomic mass is 16.2. The molecular formula is C18H30N2O. The van der Waals surface area contributed by atoms with Crippen molar-refractivity contribution in [2.75, 3.05) is 13.1 Å². The molecule has 4 bridgehead atoms. The third-order valence-corrected chi connectivity index (χ3v) is 6.96. The fourth-order valence-electron chi connectivity index (χ4n) is 6.25. The highest BCUT2D eigenvalue weighted by Gasteiger charge is 2.53. The van der Waals surface area contributed by atoms with Gasteiger partial charge in [0.15, 0.2) is 0 Å². The molecule has 118 valence electrons. The van der Waals surface area contributed by atoms with E-state index in [4.69, 9.17) is 0 Å². The first-order chi connectivity index (χ1) is 10.0. The van der Waals surface area contributed by atoms with Crippen LogP contribution in [0.5, 0.6) is 0 Å². The number of nitrogens with one attached hydrogen (secondary N) is 1. The Bertz CT molecular complexity index is 413. The van der Waals surface area contributed by atoms with E-state index in [1.165, 1.54) is 44.9 Å². The molecule has 5 rings (SSSR count). The monoisotopic (exact) mass is 290 g/mol. The summed E-state index contributed by atoms with van der Waals surface area (Å²) in [6.07, 6.45) is 9.40. The van der Waals surface area contributed by atoms with Crippen molar-refractivity contribution in [3.05, 3.63) is 0 Å². The molecule has 4 saturated carbocycles. The van der Waals surface area contributed by atoms with E-state index in [1.807, 2.05) is 0 Å². The van der Waals surface area contributed by atoms with Gasteiger partial charge >= 0.3 is 0 Å². The Morgan fingerprint density at radius 2 is 1.76 bits per heavy atom. The molecule has 3 unspecified atom stereocenters. The summed E-state index contributed by atoms with van der Waals surface area (Å²) in [5.74, 6) is 2.77. The number of amides is 1. The zero-order valence-corrected chi connectivity index (χ0v) is 13.6. The molecule has 1 N–H and O–H groups in total. The SMILES string of the molecule is CC(C(=O)NC1C2CC3CC1CC(C)(C3)C2)N1CCCC1. The quantitative estimate of drug-likeness (QED) is 0.867. The minimum atomic E-state index is 0.0697. The van der Waals surface area contributed by atoms with Crippen molar-refractivity contribution >= 4 is 5.91 Å². The summed E-state index contributed by atoms with van der Waals surface area (Å²) in [5, 5.41) is 3.48. The first kappa shape index (κ1) is 14.0. The molecule has 0 spiro atoms. The van der Waals surface area contributed by atoms with Gasteiger partial charge in [-0.15, -0.1) is 0 Å². The molecule has 5 fully saturated rings. The van der Waals surface area contributed by atoms with Crippen LogP contribution in [0.15, 0.2) is 0 Å². The van der Waals surface area contributed by atoms with Crippen molar-refractivity contribution in [3.63, 3.8) is 0 Å². The Balaban J connectivity index is 1.42. The van der Waals surface area contributed by atoms with Gasteiger partial charge < -0.3 is 5.32 Å². The smallest absolute Gasteiger partial charge is 0.237 e. The van der Waals surface area contributed by atoms with Gasteiger partial charge in [0.2, 0.25) is 5.91 Å². The molecule has 1 saturated heterocycles. The molecule has 5 aliphatic rings. The van der Waals surface area contributed by atoms with Crippen LogP contribution in [0.2, 0.25) is 0 Å². The van der Waals surface area contributed by atoms with Crippen molar-refractivity contribution in [2.24, 2.45) is 23.2 Å². The van der Waals surface area contributed by atoms with E-state index in [0.717, 1.165) is 30.8 Å². The number of rotatable bonds is 3. The Hall–Kier alpha value is -0.570. The van der Waals surface area contributed by atoms with Crippen molar-refractivity contribution in [2.45, 2.75) is 70.9 Å². The number of carbonyl (C=O) groups is 1. The van der Waals surface area contributed by atoms with Crippen LogP contribution in [0.3, 0.4) is 0 Å². The van der Waals surface area contributed by atoms with E-state index in [2.05, 4.69) is 24.1 Å². The third-order valence-electron chi connectivity index (χ3n) is 6.96. The molecule has 0 aromatic carbocycles. The Labute approximate surface area is 128 Å². The van der Waals surface area contributed by atoms with Gasteiger partial charge in [0.1, 0.15) is 0 Å². The summed E-state index contributed by atoms with van der Waals surface area (Å²) < 4.78 is 0. The second-order valence-corrected chi connectivity index (χ2v) is 8.73. The largest absolute Gasteiger partial charge is 0.351 e. The maximum atomic E-state index is 12.6. The van der Waals surface area contributed by atoms with Crippen molar-refractivity contribution in [1.82, 2.24) is 10.2 Å². The van der Waals surface area contributed by atoms with Gasteiger partial charge in [-0.25, -0.2) is 0 Å². The summed E-state index contributed by atoms with van der Waals surface area (Å²) in [5.41, 5.74) is 0.596. The molecule has 4 aliphatic carbocycles. The highest BCUT2D eigenvalue weighted by Crippen LogP contribution is 2.59. The summed E-state index contributed by atoms with van der Waals surface area (Å²) >= 11 is 0. The molecule has 3 atom stereocenters. The lowest BCUT2D eigenvalue weighted by Gasteiger charge is -2.59. The minimum Gasteiger partial charge on any atom is -0.351 e. The van der Waals surface area contributed by atoms with Crippen LogP contribution in [-0.4, -0.2) is 36.0 Å². The Morgan fingerprint density at radius 1 is 1.14 bits per heavy atom. The van der Waals surface area contributed by atoms with Gasteiger partial charge in [-0.1, -0.05) is 6.92 Å². The molecule has 3 heteroatoms. The predicted octanol–water partition coefficient (Wildman–Crippen LogP) is 2.80. The summed E-state index contributed by atoms with van der Waals surface area (Å²) in [6.45, 7) is 6.79. The molecule has 0 aromatic heterocycles. The van der Waals surface area contributed by atoms with E-state index in [-0.39, 0.29) is 6.04 Å². The van der Waals surface area contributed by atoms with Gasteiger partial charge in [0.05, 0.1) is 6.04 Å². The number of hydrogen-bond donors (Lipinski definition) is 1. The normalized spacial score (nSPS) is 46.8. The Kier molecular flexibility index (Phi) is 3.33. The first-order valence-electron chi connectivity index (χ1n) is 9.08. The number of likely N-dealkylation sites (tertiary alicyclic amines) is 1. The number of carbonyl (C=O) groups excluding carboxylic acids is 1. The summed E-state index contributed by atoms with van der Waals surface area (Å²) in [6, 6.07) is 0.549. The second kappa shape index (κ2) is 4.97. The molecule has 21 heavy (non-hydrogen) atoms. The van der Waals surface area contributed by atoms with Crippen LogP contribution in [0, 0.1) is 23.2 Å². The second-order valence-electron chi connectivity index (χ2n) is 8.73. The standard InChI is InChI=1S/C18H30N2O/c1-12(20-5-3-4-6-20)17(21)19-16-14-7-13-8-15(16)11-18(2,9-13)10-14/h12-16H,3-11H2,1-2H3,(H,19,21). The molecule has 1 amide bonds. The third kappa shape index (κ3) is 2.42. The van der Waals surface area contributed by atoms with Gasteiger partial charge in [-0.05, 0) is 88.1 Å². The molecule has 1 heterocycles. The lowest BCUT2D eigenvalue weighted by Crippen LogP contribution is -2.60. The maximum Gasteiger partial charge on any atom is 0.237 e. The molecule has 1 aliphatic heterocycles.